The summed E-state index contributed by atoms with van der Waals surface area (Å²) in [7, 11) is 0. The molecule has 96 valence electrons. The van der Waals surface area contributed by atoms with Crippen molar-refractivity contribution in [1.29, 1.82) is 0 Å². The first-order valence-electron chi connectivity index (χ1n) is 4.99. The van der Waals surface area contributed by atoms with Gasteiger partial charge in [0.05, 0.1) is 5.69 Å². The topological polar surface area (TPSA) is 126 Å². The van der Waals surface area contributed by atoms with Crippen LogP contribution in [0.1, 0.15) is 11.7 Å². The van der Waals surface area contributed by atoms with Gasteiger partial charge in [-0.1, -0.05) is 0 Å². The molecule has 1 aromatic heterocycles. The molecule has 1 aromatic rings. The number of hydrogen-bond acceptors (Lipinski definition) is 7. The highest BCUT2D eigenvalue weighted by Gasteiger charge is 2.26. The smallest absolute Gasteiger partial charge is 0.326 e. The molecule has 1 saturated heterocycles. The molecule has 1 atom stereocenters. The number of carboxylic acid groups (broad SMARTS) is 1. The molecule has 2 amide bonds. The number of nitrogens with one attached hydrogen (secondary N) is 1. The molecule has 9 heteroatoms. The van der Waals surface area contributed by atoms with E-state index in [0.29, 0.717) is 5.13 Å². The number of piperazine rings is 1. The minimum Gasteiger partial charge on any atom is -0.480 e. The normalized spacial score (nSPS) is 17.5. The van der Waals surface area contributed by atoms with Crippen LogP contribution in [-0.2, 0) is 14.4 Å². The zero-order valence-corrected chi connectivity index (χ0v) is 9.94. The highest BCUT2D eigenvalue weighted by atomic mass is 32.1. The van der Waals surface area contributed by atoms with Gasteiger partial charge >= 0.3 is 5.97 Å². The number of amides is 2. The lowest BCUT2D eigenvalue weighted by atomic mass is 10.2. The average molecular weight is 270 g/mol. The number of anilines is 1. The first kappa shape index (κ1) is 12.5. The van der Waals surface area contributed by atoms with Crippen molar-refractivity contribution < 1.29 is 19.5 Å². The summed E-state index contributed by atoms with van der Waals surface area (Å²) in [6.45, 7) is 0.0298. The molecule has 0 saturated carbocycles. The highest BCUT2D eigenvalue weighted by molar-refractivity contribution is 7.13. The Morgan fingerprint density at radius 2 is 2.11 bits per heavy atom. The monoisotopic (exact) mass is 270 g/mol. The second-order valence-electron chi connectivity index (χ2n) is 3.70. The average Bonchev–Trinajstić information content (AvgIpc) is 2.75. The zero-order valence-electron chi connectivity index (χ0n) is 9.12. The number of aliphatic carboxylic acids is 1. The fourth-order valence-corrected chi connectivity index (χ4v) is 2.32. The molecule has 1 fully saturated rings. The molecule has 0 aliphatic carbocycles. The van der Waals surface area contributed by atoms with Crippen LogP contribution in [0.2, 0.25) is 0 Å². The summed E-state index contributed by atoms with van der Waals surface area (Å²) in [5.41, 5.74) is 5.62. The fraction of sp³-hybridized carbons (Fsp3) is 0.333. The molecule has 8 nitrogen and oxygen atoms in total. The molecule has 1 aliphatic heterocycles. The summed E-state index contributed by atoms with van der Waals surface area (Å²) in [5, 5.41) is 12.8. The van der Waals surface area contributed by atoms with Gasteiger partial charge in [0.2, 0.25) is 11.8 Å². The zero-order chi connectivity index (χ0) is 13.3. The van der Waals surface area contributed by atoms with Crippen LogP contribution in [-0.4, -0.2) is 41.0 Å². The first-order valence-corrected chi connectivity index (χ1v) is 5.87. The number of imide groups is 1. The molecule has 1 aliphatic rings. The van der Waals surface area contributed by atoms with E-state index in [0.717, 1.165) is 11.3 Å². The maximum Gasteiger partial charge on any atom is 0.326 e. The molecule has 2 rings (SSSR count). The Labute approximate surface area is 105 Å². The molecule has 2 heterocycles. The van der Waals surface area contributed by atoms with E-state index in [1.54, 1.807) is 0 Å². The Morgan fingerprint density at radius 3 is 2.67 bits per heavy atom. The van der Waals surface area contributed by atoms with Crippen LogP contribution in [0.5, 0.6) is 0 Å². The van der Waals surface area contributed by atoms with Crippen LogP contribution in [0.15, 0.2) is 5.38 Å². The summed E-state index contributed by atoms with van der Waals surface area (Å²) < 4.78 is 0. The number of rotatable bonds is 3. The third-order valence-electron chi connectivity index (χ3n) is 2.31. The lowest BCUT2D eigenvalue weighted by Gasteiger charge is -2.24. The van der Waals surface area contributed by atoms with Crippen molar-refractivity contribution in [2.45, 2.75) is 6.04 Å². The van der Waals surface area contributed by atoms with Crippen molar-refractivity contribution in [3.63, 3.8) is 0 Å². The molecule has 4 N–H and O–H groups in total. The molecule has 0 aromatic carbocycles. The third-order valence-corrected chi connectivity index (χ3v) is 3.23. The Balaban J connectivity index is 2.17. The van der Waals surface area contributed by atoms with Crippen molar-refractivity contribution in [3.05, 3.63) is 11.1 Å². The Morgan fingerprint density at radius 1 is 1.50 bits per heavy atom. The van der Waals surface area contributed by atoms with Crippen molar-refractivity contribution in [1.82, 2.24) is 10.3 Å². The highest BCUT2D eigenvalue weighted by Crippen LogP contribution is 2.23. The van der Waals surface area contributed by atoms with Gasteiger partial charge in [-0.15, -0.1) is 11.3 Å². The molecule has 0 bridgehead atoms. The van der Waals surface area contributed by atoms with Crippen LogP contribution in [0.3, 0.4) is 0 Å². The lowest BCUT2D eigenvalue weighted by molar-refractivity contribution is -0.139. The van der Waals surface area contributed by atoms with E-state index in [1.807, 2.05) is 0 Å². The van der Waals surface area contributed by atoms with Crippen LogP contribution < -0.4 is 16.0 Å². The largest absolute Gasteiger partial charge is 0.480 e. The van der Waals surface area contributed by atoms with Crippen LogP contribution in [0.25, 0.3) is 0 Å². The van der Waals surface area contributed by atoms with E-state index in [-0.39, 0.29) is 18.8 Å². The van der Waals surface area contributed by atoms with Crippen molar-refractivity contribution in [3.8, 4) is 0 Å². The van der Waals surface area contributed by atoms with Crippen LogP contribution >= 0.6 is 11.3 Å². The summed E-state index contributed by atoms with van der Waals surface area (Å²) in [6.07, 6.45) is 0. The van der Waals surface area contributed by atoms with Gasteiger partial charge in [0.1, 0.15) is 19.1 Å². The quantitative estimate of drug-likeness (QED) is 0.582. The second kappa shape index (κ2) is 4.70. The summed E-state index contributed by atoms with van der Waals surface area (Å²) in [4.78, 5) is 38.6. The van der Waals surface area contributed by atoms with Gasteiger partial charge < -0.3 is 15.7 Å². The van der Waals surface area contributed by atoms with E-state index in [1.165, 1.54) is 10.3 Å². The minimum absolute atomic E-state index is 0.0149. The molecule has 0 radical (unpaired) electrons. The van der Waals surface area contributed by atoms with E-state index in [2.05, 4.69) is 10.3 Å². The fourth-order valence-electron chi connectivity index (χ4n) is 1.46. The van der Waals surface area contributed by atoms with Crippen molar-refractivity contribution >= 4 is 34.3 Å². The summed E-state index contributed by atoms with van der Waals surface area (Å²) in [5.74, 6) is -2.00. The standard InChI is InChI=1S/C9H10N4O4S/c10-7(8(16)17)4-3-18-9(11-4)13-1-5(14)12-6(15)2-13/h3,7H,1-2,10H2,(H,16,17)(H,12,14,15). The lowest BCUT2D eigenvalue weighted by Crippen LogP contribution is -2.51. The molecule has 1 unspecified atom stereocenters. The van der Waals surface area contributed by atoms with E-state index < -0.39 is 23.8 Å². The summed E-state index contributed by atoms with van der Waals surface area (Å²) >= 11 is 1.15. The first-order chi connectivity index (χ1) is 8.47. The maximum atomic E-state index is 11.2. The van der Waals surface area contributed by atoms with Gasteiger partial charge in [-0.2, -0.15) is 0 Å². The number of nitrogens with two attached hydrogens (primary N) is 1. The van der Waals surface area contributed by atoms with E-state index in [4.69, 9.17) is 10.8 Å². The summed E-state index contributed by atoms with van der Waals surface area (Å²) in [6, 6.07) is -1.20. The Hall–Kier alpha value is -2.00. The number of aromatic nitrogens is 1. The van der Waals surface area contributed by atoms with Gasteiger partial charge in [0.15, 0.2) is 5.13 Å². The van der Waals surface area contributed by atoms with Crippen molar-refractivity contribution in [2.24, 2.45) is 5.73 Å². The minimum atomic E-state index is -1.20. The Kier molecular flexibility index (Phi) is 3.26. The number of thiazole rings is 1. The van der Waals surface area contributed by atoms with Gasteiger partial charge in [0, 0.05) is 5.38 Å². The molecule has 18 heavy (non-hydrogen) atoms. The van der Waals surface area contributed by atoms with Gasteiger partial charge in [-0.3, -0.25) is 19.7 Å². The van der Waals surface area contributed by atoms with Crippen molar-refractivity contribution in [2.75, 3.05) is 18.0 Å². The van der Waals surface area contributed by atoms with E-state index >= 15 is 0 Å². The second-order valence-corrected chi connectivity index (χ2v) is 4.53. The maximum absolute atomic E-state index is 11.2. The third kappa shape index (κ3) is 2.46. The molecule has 0 spiro atoms. The van der Waals surface area contributed by atoms with E-state index in [9.17, 15) is 14.4 Å². The Bertz CT molecular complexity index is 498. The SMILES string of the molecule is NC(C(=O)O)c1csc(N2CC(=O)NC(=O)C2)n1. The number of carboxylic acids is 1. The predicted octanol–water partition coefficient (Wildman–Crippen LogP) is -1.31. The molecular weight excluding hydrogens is 260 g/mol. The number of carbonyl (C=O) groups excluding carboxylic acids is 2. The predicted molar refractivity (Wildman–Crippen MR) is 62.0 cm³/mol. The number of carbonyl (C=O) groups is 3. The van der Waals surface area contributed by atoms with Crippen LogP contribution in [0, 0.1) is 0 Å². The molecular formula is C9H10N4O4S. The number of nitrogens with zero attached hydrogens (tertiary/aromatic N) is 2. The van der Waals surface area contributed by atoms with Gasteiger partial charge in [0.25, 0.3) is 0 Å². The van der Waals surface area contributed by atoms with Crippen LogP contribution in [0.4, 0.5) is 5.13 Å². The van der Waals surface area contributed by atoms with Gasteiger partial charge in [-0.25, -0.2) is 4.98 Å². The van der Waals surface area contributed by atoms with Gasteiger partial charge in [-0.05, 0) is 0 Å². The number of hydrogen-bond donors (Lipinski definition) is 3.